The van der Waals surface area contributed by atoms with Crippen LogP contribution in [0.5, 0.6) is 11.6 Å². The monoisotopic (exact) mass is 525 g/mol. The Morgan fingerprint density at radius 1 is 1.36 bits per heavy atom. The van der Waals surface area contributed by atoms with E-state index in [4.69, 9.17) is 21.1 Å². The number of nitrogens with one attached hydrogen (secondary N) is 2. The average molecular weight is 526 g/mol. The van der Waals surface area contributed by atoms with E-state index >= 15 is 0 Å². The van der Waals surface area contributed by atoms with Gasteiger partial charge in [0.05, 0.1) is 24.7 Å². The second-order valence-corrected chi connectivity index (χ2v) is 9.36. The first-order chi connectivity index (χ1) is 17.0. The molecule has 0 bridgehead atoms. The van der Waals surface area contributed by atoms with E-state index in [1.54, 1.807) is 13.0 Å². The van der Waals surface area contributed by atoms with Crippen molar-refractivity contribution >= 4 is 34.8 Å². The number of pyridine rings is 1. The molecule has 2 amide bonds. The van der Waals surface area contributed by atoms with Crippen LogP contribution in [0.3, 0.4) is 0 Å². The number of alkyl halides is 3. The van der Waals surface area contributed by atoms with Crippen molar-refractivity contribution < 1.29 is 27.4 Å². The van der Waals surface area contributed by atoms with Crippen LogP contribution in [0.15, 0.2) is 18.3 Å². The van der Waals surface area contributed by atoms with Crippen LogP contribution >= 0.6 is 11.6 Å². The van der Waals surface area contributed by atoms with Gasteiger partial charge in [0.1, 0.15) is 17.3 Å². The van der Waals surface area contributed by atoms with Gasteiger partial charge in [-0.25, -0.2) is 14.3 Å². The number of methoxy groups -OCH3 is 1. The van der Waals surface area contributed by atoms with Crippen molar-refractivity contribution in [3.63, 3.8) is 0 Å². The maximum absolute atomic E-state index is 14.3. The van der Waals surface area contributed by atoms with Crippen molar-refractivity contribution in [1.29, 1.82) is 0 Å². The highest BCUT2D eigenvalue weighted by Crippen LogP contribution is 2.50. The lowest BCUT2D eigenvalue weighted by Gasteiger charge is -2.28. The Hall–Kier alpha value is -3.32. The first-order valence-corrected chi connectivity index (χ1v) is 11.5. The average Bonchev–Trinajstić information content (AvgIpc) is 3.50. The molecule has 3 aromatic heterocycles. The van der Waals surface area contributed by atoms with Gasteiger partial charge in [-0.3, -0.25) is 10.2 Å². The first kappa shape index (κ1) is 24.4. The highest BCUT2D eigenvalue weighted by molar-refractivity contribution is 6.29. The number of halogens is 4. The number of anilines is 2. The molecule has 2 aliphatic heterocycles. The Bertz CT molecular complexity index is 1340. The first-order valence-electron chi connectivity index (χ1n) is 11.1. The number of fused-ring (bicyclic) bond motifs is 3. The van der Waals surface area contributed by atoms with Crippen LogP contribution in [-0.4, -0.2) is 64.6 Å². The molecule has 36 heavy (non-hydrogen) atoms. The van der Waals surface area contributed by atoms with E-state index in [9.17, 15) is 18.0 Å². The highest BCUT2D eigenvalue weighted by atomic mass is 35.5. The summed E-state index contributed by atoms with van der Waals surface area (Å²) in [5.74, 6) is 0.716. The normalized spacial score (nSPS) is 21.6. The maximum atomic E-state index is 14.3. The van der Waals surface area contributed by atoms with Gasteiger partial charge in [0.15, 0.2) is 16.5 Å². The quantitative estimate of drug-likeness (QED) is 0.535. The number of amides is 2. The summed E-state index contributed by atoms with van der Waals surface area (Å²) in [6.45, 7) is 3.54. The highest BCUT2D eigenvalue weighted by Gasteiger charge is 2.60. The Morgan fingerprint density at radius 3 is 2.81 bits per heavy atom. The third kappa shape index (κ3) is 3.95. The second-order valence-electron chi connectivity index (χ2n) is 8.97. The molecule has 0 spiro atoms. The third-order valence-electron chi connectivity index (χ3n) is 6.45. The molecule has 5 heterocycles. The van der Waals surface area contributed by atoms with Gasteiger partial charge in [0, 0.05) is 24.7 Å². The molecule has 1 saturated heterocycles. The van der Waals surface area contributed by atoms with Gasteiger partial charge in [0.25, 0.3) is 5.88 Å². The van der Waals surface area contributed by atoms with Gasteiger partial charge in [-0.15, -0.1) is 0 Å². The lowest BCUT2D eigenvalue weighted by Crippen LogP contribution is -2.46. The molecule has 14 heteroatoms. The molecule has 0 radical (unpaired) electrons. The molecule has 0 aromatic carbocycles. The molecule has 0 saturated carbocycles. The van der Waals surface area contributed by atoms with Crippen LogP contribution < -0.4 is 25.0 Å². The third-order valence-corrected chi connectivity index (χ3v) is 6.64. The molecular weight excluding hydrogens is 503 g/mol. The van der Waals surface area contributed by atoms with E-state index in [2.05, 4.69) is 25.7 Å². The zero-order valence-electron chi connectivity index (χ0n) is 19.6. The van der Waals surface area contributed by atoms with Crippen LogP contribution in [0.25, 0.3) is 5.65 Å². The van der Waals surface area contributed by atoms with Crippen LogP contribution in [0.2, 0.25) is 5.15 Å². The van der Waals surface area contributed by atoms with Gasteiger partial charge < -0.3 is 14.8 Å². The molecule has 5 rings (SSSR count). The van der Waals surface area contributed by atoms with Crippen LogP contribution in [0.1, 0.15) is 24.6 Å². The largest absolute Gasteiger partial charge is 0.491 e. The number of rotatable bonds is 4. The Morgan fingerprint density at radius 2 is 2.14 bits per heavy atom. The minimum Gasteiger partial charge on any atom is -0.491 e. The molecule has 2 N–H and O–H groups in total. The molecule has 2 aliphatic rings. The van der Waals surface area contributed by atoms with Gasteiger partial charge in [0.2, 0.25) is 0 Å². The summed E-state index contributed by atoms with van der Waals surface area (Å²) in [6, 6.07) is 2.10. The standard InChI is InChI=1S/C22H23ClF3N7O3/c1-11-6-15(29-19(17(11)35-3)36-12-4-5-27-8-12)30-20(34)32-10-21(2,22(24,25)26)18-13(32)9-28-16-7-14(23)31-33(16)18/h6-7,9,12,27H,4-5,8,10H2,1-3H3,(H,29,30,34)/t12-,21?/m0/s1. The van der Waals surface area contributed by atoms with E-state index in [-0.39, 0.29) is 40.0 Å². The summed E-state index contributed by atoms with van der Waals surface area (Å²) in [4.78, 5) is 22.8. The molecule has 1 fully saturated rings. The fourth-order valence-electron chi connectivity index (χ4n) is 4.58. The zero-order chi connectivity index (χ0) is 25.8. The summed E-state index contributed by atoms with van der Waals surface area (Å²) in [6.07, 6.45) is -2.81. The molecule has 2 atom stereocenters. The smallest absolute Gasteiger partial charge is 0.401 e. The van der Waals surface area contributed by atoms with Crippen LogP contribution in [0, 0.1) is 6.92 Å². The number of aryl methyl sites for hydroxylation is 1. The maximum Gasteiger partial charge on any atom is 0.401 e. The number of hydrogen-bond donors (Lipinski definition) is 2. The minimum atomic E-state index is -4.69. The van der Waals surface area contributed by atoms with Crippen molar-refractivity contribution in [2.75, 3.05) is 37.0 Å². The van der Waals surface area contributed by atoms with Gasteiger partial charge in [-0.2, -0.15) is 23.3 Å². The van der Waals surface area contributed by atoms with Crippen LogP contribution in [0.4, 0.5) is 29.5 Å². The van der Waals surface area contributed by atoms with E-state index in [1.807, 2.05) is 0 Å². The van der Waals surface area contributed by atoms with E-state index in [0.29, 0.717) is 17.9 Å². The fourth-order valence-corrected chi connectivity index (χ4v) is 4.75. The molecule has 3 aromatic rings. The predicted octanol–water partition coefficient (Wildman–Crippen LogP) is 3.71. The molecule has 10 nitrogen and oxygen atoms in total. The van der Waals surface area contributed by atoms with Crippen LogP contribution in [-0.2, 0) is 5.41 Å². The molecular formula is C22H23ClF3N7O3. The van der Waals surface area contributed by atoms with Crippen molar-refractivity contribution in [3.8, 4) is 11.6 Å². The fraction of sp³-hybridized carbons (Fsp3) is 0.455. The predicted molar refractivity (Wildman–Crippen MR) is 125 cm³/mol. The lowest BCUT2D eigenvalue weighted by molar-refractivity contribution is -0.181. The Labute approximate surface area is 208 Å². The Kier molecular flexibility index (Phi) is 5.86. The molecule has 1 unspecified atom stereocenters. The van der Waals surface area contributed by atoms with Crippen molar-refractivity contribution in [3.05, 3.63) is 34.7 Å². The molecule has 192 valence electrons. The lowest BCUT2D eigenvalue weighted by atomic mass is 9.88. The SMILES string of the molecule is COc1c(C)cc(NC(=O)N2CC(C)(C(F)(F)F)c3c2cnc2cc(Cl)nn32)nc1O[C@H]1CCNC1. The summed E-state index contributed by atoms with van der Waals surface area (Å²) >= 11 is 5.93. The van der Waals surface area contributed by atoms with E-state index in [0.717, 1.165) is 29.3 Å². The minimum absolute atomic E-state index is 0.00812. The van der Waals surface area contributed by atoms with E-state index in [1.165, 1.54) is 19.4 Å². The van der Waals surface area contributed by atoms with Gasteiger partial charge in [-0.1, -0.05) is 11.6 Å². The second kappa shape index (κ2) is 8.66. The van der Waals surface area contributed by atoms with Crippen molar-refractivity contribution in [2.45, 2.75) is 38.0 Å². The number of aromatic nitrogens is 4. The zero-order valence-corrected chi connectivity index (χ0v) is 20.4. The topological polar surface area (TPSA) is 106 Å². The van der Waals surface area contributed by atoms with Crippen molar-refractivity contribution in [1.82, 2.24) is 24.9 Å². The summed E-state index contributed by atoms with van der Waals surface area (Å²) < 4.78 is 55.3. The number of nitrogens with zero attached hydrogens (tertiary/aromatic N) is 5. The summed E-state index contributed by atoms with van der Waals surface area (Å²) in [5.41, 5.74) is -1.88. The number of ether oxygens (including phenoxy) is 2. The molecule has 0 aliphatic carbocycles. The van der Waals surface area contributed by atoms with Gasteiger partial charge >= 0.3 is 12.2 Å². The van der Waals surface area contributed by atoms with Crippen molar-refractivity contribution in [2.24, 2.45) is 0 Å². The number of carbonyl (C=O) groups is 1. The van der Waals surface area contributed by atoms with E-state index < -0.39 is 24.2 Å². The number of carbonyl (C=O) groups excluding carboxylic acids is 1. The number of urea groups is 1. The Balaban J connectivity index is 1.50. The summed E-state index contributed by atoms with van der Waals surface area (Å²) in [5, 5.41) is 9.76. The van der Waals surface area contributed by atoms with Gasteiger partial charge in [-0.05, 0) is 32.9 Å². The summed E-state index contributed by atoms with van der Waals surface area (Å²) in [7, 11) is 1.48. The number of hydrogen-bond acceptors (Lipinski definition) is 7.